The molecule has 0 bridgehead atoms. The Hall–Kier alpha value is -1.84. The number of aryl methyl sites for hydroxylation is 1. The van der Waals surface area contributed by atoms with E-state index in [9.17, 15) is 4.79 Å². The molecular formula is C19H21ClN2O. The van der Waals surface area contributed by atoms with E-state index >= 15 is 0 Å². The standard InChI is InChI=1S/C19H21ClN2O/c1-15-3-2-4-17(13-15)19(23)22-11-9-21(10-12-22)14-16-5-7-18(20)8-6-16/h2-8,13H,9-12,14H2,1H3. The molecule has 2 aromatic carbocycles. The minimum Gasteiger partial charge on any atom is -0.336 e. The summed E-state index contributed by atoms with van der Waals surface area (Å²) >= 11 is 5.92. The lowest BCUT2D eigenvalue weighted by Gasteiger charge is -2.34. The number of nitrogens with zero attached hydrogens (tertiary/aromatic N) is 2. The van der Waals surface area contributed by atoms with Crippen LogP contribution in [-0.4, -0.2) is 41.9 Å². The van der Waals surface area contributed by atoms with E-state index < -0.39 is 0 Å². The molecule has 0 unspecified atom stereocenters. The number of carbonyl (C=O) groups is 1. The van der Waals surface area contributed by atoms with Crippen LogP contribution in [0.15, 0.2) is 48.5 Å². The summed E-state index contributed by atoms with van der Waals surface area (Å²) in [6, 6.07) is 15.8. The van der Waals surface area contributed by atoms with Gasteiger partial charge in [-0.1, -0.05) is 41.4 Å². The molecule has 1 saturated heterocycles. The van der Waals surface area contributed by atoms with E-state index in [2.05, 4.69) is 17.0 Å². The Morgan fingerprint density at radius 3 is 2.39 bits per heavy atom. The van der Waals surface area contributed by atoms with Gasteiger partial charge in [0.2, 0.25) is 0 Å². The van der Waals surface area contributed by atoms with Crippen LogP contribution in [0.5, 0.6) is 0 Å². The molecule has 1 aliphatic rings. The van der Waals surface area contributed by atoms with Gasteiger partial charge in [0, 0.05) is 43.3 Å². The summed E-state index contributed by atoms with van der Waals surface area (Å²) in [5.74, 6) is 0.139. The maximum absolute atomic E-state index is 12.5. The van der Waals surface area contributed by atoms with Crippen molar-refractivity contribution in [3.8, 4) is 0 Å². The van der Waals surface area contributed by atoms with Crippen molar-refractivity contribution < 1.29 is 4.79 Å². The van der Waals surface area contributed by atoms with Crippen LogP contribution in [0.3, 0.4) is 0 Å². The van der Waals surface area contributed by atoms with Gasteiger partial charge in [-0.15, -0.1) is 0 Å². The number of rotatable bonds is 3. The SMILES string of the molecule is Cc1cccc(C(=O)N2CCN(Cc3ccc(Cl)cc3)CC2)c1. The average Bonchev–Trinajstić information content (AvgIpc) is 2.57. The van der Waals surface area contributed by atoms with E-state index in [4.69, 9.17) is 11.6 Å². The van der Waals surface area contributed by atoms with Crippen LogP contribution in [0.4, 0.5) is 0 Å². The number of benzene rings is 2. The second kappa shape index (κ2) is 7.16. The maximum Gasteiger partial charge on any atom is 0.253 e. The fourth-order valence-corrected chi connectivity index (χ4v) is 3.04. The van der Waals surface area contributed by atoms with Gasteiger partial charge in [-0.3, -0.25) is 9.69 Å². The highest BCUT2D eigenvalue weighted by Crippen LogP contribution is 2.14. The third kappa shape index (κ3) is 4.12. The molecule has 0 aromatic heterocycles. The van der Waals surface area contributed by atoms with Gasteiger partial charge in [0.25, 0.3) is 5.91 Å². The molecule has 0 saturated carbocycles. The zero-order valence-corrected chi connectivity index (χ0v) is 14.1. The highest BCUT2D eigenvalue weighted by atomic mass is 35.5. The molecule has 23 heavy (non-hydrogen) atoms. The monoisotopic (exact) mass is 328 g/mol. The molecule has 3 rings (SSSR count). The van der Waals surface area contributed by atoms with Gasteiger partial charge in [-0.25, -0.2) is 0 Å². The smallest absolute Gasteiger partial charge is 0.253 e. The van der Waals surface area contributed by atoms with Crippen LogP contribution >= 0.6 is 11.6 Å². The molecule has 120 valence electrons. The molecule has 0 atom stereocenters. The Kier molecular flexibility index (Phi) is 4.99. The summed E-state index contributed by atoms with van der Waals surface area (Å²) in [7, 11) is 0. The summed E-state index contributed by atoms with van der Waals surface area (Å²) in [5.41, 5.74) is 3.17. The molecule has 4 heteroatoms. The van der Waals surface area contributed by atoms with E-state index in [0.717, 1.165) is 48.9 Å². The quantitative estimate of drug-likeness (QED) is 0.859. The number of amides is 1. The highest BCUT2D eigenvalue weighted by molar-refractivity contribution is 6.30. The van der Waals surface area contributed by atoms with Crippen molar-refractivity contribution in [1.29, 1.82) is 0 Å². The fourth-order valence-electron chi connectivity index (χ4n) is 2.92. The fraction of sp³-hybridized carbons (Fsp3) is 0.316. The van der Waals surface area contributed by atoms with Gasteiger partial charge in [0.1, 0.15) is 0 Å². The molecule has 1 heterocycles. The van der Waals surface area contributed by atoms with E-state index in [1.165, 1.54) is 5.56 Å². The molecule has 1 fully saturated rings. The van der Waals surface area contributed by atoms with Crippen molar-refractivity contribution in [3.05, 3.63) is 70.2 Å². The highest BCUT2D eigenvalue weighted by Gasteiger charge is 2.22. The van der Waals surface area contributed by atoms with E-state index in [-0.39, 0.29) is 5.91 Å². The normalized spacial score (nSPS) is 15.7. The number of halogens is 1. The van der Waals surface area contributed by atoms with Crippen LogP contribution in [0.2, 0.25) is 5.02 Å². The zero-order valence-electron chi connectivity index (χ0n) is 13.3. The summed E-state index contributed by atoms with van der Waals surface area (Å²) in [6.07, 6.45) is 0. The van der Waals surface area contributed by atoms with Crippen molar-refractivity contribution in [2.24, 2.45) is 0 Å². The predicted octanol–water partition coefficient (Wildman–Crippen LogP) is 3.61. The molecular weight excluding hydrogens is 308 g/mol. The molecule has 1 aliphatic heterocycles. The lowest BCUT2D eigenvalue weighted by atomic mass is 10.1. The van der Waals surface area contributed by atoms with Crippen molar-refractivity contribution in [2.75, 3.05) is 26.2 Å². The summed E-state index contributed by atoms with van der Waals surface area (Å²) < 4.78 is 0. The Morgan fingerprint density at radius 1 is 1.04 bits per heavy atom. The first-order chi connectivity index (χ1) is 11.1. The Labute approximate surface area is 142 Å². The third-order valence-electron chi connectivity index (χ3n) is 4.24. The Bertz CT molecular complexity index is 676. The van der Waals surface area contributed by atoms with E-state index in [1.807, 2.05) is 48.2 Å². The van der Waals surface area contributed by atoms with Gasteiger partial charge >= 0.3 is 0 Å². The van der Waals surface area contributed by atoms with Gasteiger partial charge in [0.05, 0.1) is 0 Å². The lowest BCUT2D eigenvalue weighted by Crippen LogP contribution is -2.48. The van der Waals surface area contributed by atoms with Gasteiger partial charge in [-0.05, 0) is 36.8 Å². The topological polar surface area (TPSA) is 23.6 Å². The molecule has 1 amide bonds. The van der Waals surface area contributed by atoms with Gasteiger partial charge in [0.15, 0.2) is 0 Å². The van der Waals surface area contributed by atoms with Crippen molar-refractivity contribution in [2.45, 2.75) is 13.5 Å². The van der Waals surface area contributed by atoms with Crippen molar-refractivity contribution >= 4 is 17.5 Å². The van der Waals surface area contributed by atoms with Gasteiger partial charge in [-0.2, -0.15) is 0 Å². The lowest BCUT2D eigenvalue weighted by molar-refractivity contribution is 0.0628. The molecule has 3 nitrogen and oxygen atoms in total. The van der Waals surface area contributed by atoms with Crippen molar-refractivity contribution in [1.82, 2.24) is 9.80 Å². The first-order valence-electron chi connectivity index (χ1n) is 7.94. The summed E-state index contributed by atoms with van der Waals surface area (Å²) in [4.78, 5) is 16.9. The van der Waals surface area contributed by atoms with Crippen LogP contribution in [-0.2, 0) is 6.54 Å². The minimum atomic E-state index is 0.139. The van der Waals surface area contributed by atoms with Crippen LogP contribution in [0.1, 0.15) is 21.5 Å². The second-order valence-electron chi connectivity index (χ2n) is 6.06. The summed E-state index contributed by atoms with van der Waals surface area (Å²) in [6.45, 7) is 6.28. The van der Waals surface area contributed by atoms with Crippen LogP contribution in [0, 0.1) is 6.92 Å². The second-order valence-corrected chi connectivity index (χ2v) is 6.50. The third-order valence-corrected chi connectivity index (χ3v) is 4.50. The van der Waals surface area contributed by atoms with E-state index in [0.29, 0.717) is 0 Å². The Balaban J connectivity index is 1.55. The molecule has 0 radical (unpaired) electrons. The minimum absolute atomic E-state index is 0.139. The van der Waals surface area contributed by atoms with Crippen molar-refractivity contribution in [3.63, 3.8) is 0 Å². The first kappa shape index (κ1) is 16.0. The predicted molar refractivity (Wildman–Crippen MR) is 93.8 cm³/mol. The molecule has 0 aliphatic carbocycles. The van der Waals surface area contributed by atoms with Crippen LogP contribution < -0.4 is 0 Å². The number of piperazine rings is 1. The molecule has 2 aromatic rings. The number of hydrogen-bond acceptors (Lipinski definition) is 2. The largest absolute Gasteiger partial charge is 0.336 e. The number of carbonyl (C=O) groups excluding carboxylic acids is 1. The van der Waals surface area contributed by atoms with Gasteiger partial charge < -0.3 is 4.90 Å². The number of hydrogen-bond donors (Lipinski definition) is 0. The Morgan fingerprint density at radius 2 is 1.74 bits per heavy atom. The zero-order chi connectivity index (χ0) is 16.2. The van der Waals surface area contributed by atoms with Crippen LogP contribution in [0.25, 0.3) is 0 Å². The molecule has 0 N–H and O–H groups in total. The summed E-state index contributed by atoms with van der Waals surface area (Å²) in [5, 5.41) is 0.766. The van der Waals surface area contributed by atoms with E-state index in [1.54, 1.807) is 0 Å². The average molecular weight is 329 g/mol. The molecule has 0 spiro atoms. The maximum atomic E-state index is 12.5. The first-order valence-corrected chi connectivity index (χ1v) is 8.32.